The van der Waals surface area contributed by atoms with Gasteiger partial charge in [0.25, 0.3) is 0 Å². The number of thiazole rings is 1. The summed E-state index contributed by atoms with van der Waals surface area (Å²) in [6.07, 6.45) is 0. The monoisotopic (exact) mass is 156 g/mol. The molecule has 0 amide bonds. The molecule has 1 aromatic rings. The Kier molecular flexibility index (Phi) is 2.83. The summed E-state index contributed by atoms with van der Waals surface area (Å²) in [6, 6.07) is 0. The summed E-state index contributed by atoms with van der Waals surface area (Å²) in [4.78, 5) is 4.30. The van der Waals surface area contributed by atoms with Crippen LogP contribution in [0.25, 0.3) is 0 Å². The molecule has 2 nitrogen and oxygen atoms in total. The molecule has 0 fully saturated rings. The normalized spacial score (nSPS) is 10.2. The Bertz CT molecular complexity index is 195. The van der Waals surface area contributed by atoms with Gasteiger partial charge in [0.1, 0.15) is 5.01 Å². The summed E-state index contributed by atoms with van der Waals surface area (Å²) in [5.74, 6) is 0. The average Bonchev–Trinajstić information content (AvgIpc) is 2.31. The van der Waals surface area contributed by atoms with Crippen molar-refractivity contribution >= 4 is 11.3 Å². The number of hydrogen-bond acceptors (Lipinski definition) is 3. The van der Waals surface area contributed by atoms with Crippen LogP contribution >= 0.6 is 11.3 Å². The van der Waals surface area contributed by atoms with Gasteiger partial charge in [0.15, 0.2) is 0 Å². The van der Waals surface area contributed by atoms with Crippen LogP contribution in [0.3, 0.4) is 0 Å². The Balaban J connectivity index is 2.42. The van der Waals surface area contributed by atoms with Crippen LogP contribution in [0.15, 0.2) is 5.38 Å². The molecule has 0 aliphatic carbocycles. The highest BCUT2D eigenvalue weighted by Gasteiger charge is 1.94. The van der Waals surface area contributed by atoms with Crippen molar-refractivity contribution in [3.63, 3.8) is 0 Å². The average molecular weight is 156 g/mol. The molecule has 0 saturated heterocycles. The molecule has 3 heteroatoms. The van der Waals surface area contributed by atoms with Gasteiger partial charge >= 0.3 is 0 Å². The van der Waals surface area contributed by atoms with Crippen molar-refractivity contribution in [3.8, 4) is 0 Å². The molecule has 1 N–H and O–H groups in total. The lowest BCUT2D eigenvalue weighted by Crippen LogP contribution is -2.11. The van der Waals surface area contributed by atoms with Crippen LogP contribution in [0.1, 0.15) is 17.6 Å². The van der Waals surface area contributed by atoms with Gasteiger partial charge in [-0.1, -0.05) is 6.92 Å². The number of aromatic nitrogens is 1. The Morgan fingerprint density at radius 1 is 1.70 bits per heavy atom. The van der Waals surface area contributed by atoms with E-state index in [9.17, 15) is 0 Å². The molecule has 0 unspecified atom stereocenters. The number of hydrogen-bond donors (Lipinski definition) is 1. The first-order valence-corrected chi connectivity index (χ1v) is 4.32. The summed E-state index contributed by atoms with van der Waals surface area (Å²) in [5, 5.41) is 6.48. The van der Waals surface area contributed by atoms with Crippen LogP contribution in [0.2, 0.25) is 0 Å². The van der Waals surface area contributed by atoms with Crippen LogP contribution in [-0.4, -0.2) is 11.5 Å². The van der Waals surface area contributed by atoms with Crippen molar-refractivity contribution in [1.29, 1.82) is 0 Å². The molecule has 0 atom stereocenters. The summed E-state index contributed by atoms with van der Waals surface area (Å²) < 4.78 is 0. The summed E-state index contributed by atoms with van der Waals surface area (Å²) in [5.41, 5.74) is 1.12. The zero-order valence-electron chi connectivity index (χ0n) is 6.35. The molecular weight excluding hydrogens is 144 g/mol. The maximum atomic E-state index is 4.30. The highest BCUT2D eigenvalue weighted by atomic mass is 32.1. The predicted octanol–water partition coefficient (Wildman–Crippen LogP) is 1.56. The summed E-state index contributed by atoms with van der Waals surface area (Å²) in [6.45, 7) is 6.04. The van der Waals surface area contributed by atoms with Gasteiger partial charge in [0, 0.05) is 17.6 Å². The second kappa shape index (κ2) is 3.68. The maximum Gasteiger partial charge on any atom is 0.107 e. The molecule has 1 aromatic heterocycles. The number of nitrogens with zero attached hydrogens (tertiary/aromatic N) is 1. The molecule has 0 radical (unpaired) electrons. The van der Waals surface area contributed by atoms with E-state index in [0.717, 1.165) is 18.8 Å². The minimum Gasteiger partial charge on any atom is -0.311 e. The molecule has 0 saturated carbocycles. The van der Waals surface area contributed by atoms with Crippen molar-refractivity contribution in [2.24, 2.45) is 0 Å². The van der Waals surface area contributed by atoms with Gasteiger partial charge in [0.05, 0.1) is 0 Å². The minimum atomic E-state index is 0.912. The van der Waals surface area contributed by atoms with Crippen molar-refractivity contribution in [2.45, 2.75) is 20.4 Å². The van der Waals surface area contributed by atoms with E-state index in [1.807, 2.05) is 6.92 Å². The van der Waals surface area contributed by atoms with E-state index in [1.165, 1.54) is 5.01 Å². The van der Waals surface area contributed by atoms with Crippen molar-refractivity contribution in [1.82, 2.24) is 10.3 Å². The molecule has 56 valence electrons. The highest BCUT2D eigenvalue weighted by molar-refractivity contribution is 7.09. The quantitative estimate of drug-likeness (QED) is 0.718. The topological polar surface area (TPSA) is 24.9 Å². The van der Waals surface area contributed by atoms with Gasteiger partial charge in [-0.25, -0.2) is 4.98 Å². The van der Waals surface area contributed by atoms with Crippen molar-refractivity contribution in [2.75, 3.05) is 6.54 Å². The van der Waals surface area contributed by atoms with E-state index in [1.54, 1.807) is 11.3 Å². The molecular formula is C7H12N2S. The molecule has 0 bridgehead atoms. The SMILES string of the molecule is CCNCc1nc(C)cs1. The lowest BCUT2D eigenvalue weighted by Gasteiger charge is -1.94. The van der Waals surface area contributed by atoms with E-state index in [0.29, 0.717) is 0 Å². The third-order valence-corrected chi connectivity index (χ3v) is 2.16. The summed E-state index contributed by atoms with van der Waals surface area (Å²) >= 11 is 1.72. The molecule has 0 spiro atoms. The van der Waals surface area contributed by atoms with E-state index < -0.39 is 0 Å². The zero-order chi connectivity index (χ0) is 7.40. The fraction of sp³-hybridized carbons (Fsp3) is 0.571. The fourth-order valence-corrected chi connectivity index (χ4v) is 1.46. The molecule has 1 heterocycles. The Hall–Kier alpha value is -0.410. The smallest absolute Gasteiger partial charge is 0.107 e. The van der Waals surface area contributed by atoms with Gasteiger partial charge in [-0.3, -0.25) is 0 Å². The van der Waals surface area contributed by atoms with Gasteiger partial charge in [-0.05, 0) is 13.5 Å². The van der Waals surface area contributed by atoms with E-state index in [2.05, 4.69) is 22.6 Å². The second-order valence-electron chi connectivity index (χ2n) is 2.16. The number of aryl methyl sites for hydroxylation is 1. The highest BCUT2D eigenvalue weighted by Crippen LogP contribution is 2.07. The van der Waals surface area contributed by atoms with E-state index >= 15 is 0 Å². The Morgan fingerprint density at radius 2 is 2.50 bits per heavy atom. The number of rotatable bonds is 3. The van der Waals surface area contributed by atoms with Crippen molar-refractivity contribution < 1.29 is 0 Å². The largest absolute Gasteiger partial charge is 0.311 e. The van der Waals surface area contributed by atoms with Crippen LogP contribution in [-0.2, 0) is 6.54 Å². The van der Waals surface area contributed by atoms with Gasteiger partial charge < -0.3 is 5.32 Å². The van der Waals surface area contributed by atoms with E-state index in [-0.39, 0.29) is 0 Å². The van der Waals surface area contributed by atoms with E-state index in [4.69, 9.17) is 0 Å². The first kappa shape index (κ1) is 7.69. The van der Waals surface area contributed by atoms with Gasteiger partial charge in [-0.15, -0.1) is 11.3 Å². The van der Waals surface area contributed by atoms with Crippen LogP contribution in [0.4, 0.5) is 0 Å². The predicted molar refractivity (Wildman–Crippen MR) is 44.2 cm³/mol. The first-order chi connectivity index (χ1) is 4.83. The van der Waals surface area contributed by atoms with Gasteiger partial charge in [-0.2, -0.15) is 0 Å². The standard InChI is InChI=1S/C7H12N2S/c1-3-8-4-7-9-6(2)5-10-7/h5,8H,3-4H2,1-2H3. The molecule has 0 aliphatic rings. The van der Waals surface area contributed by atoms with Gasteiger partial charge in [0.2, 0.25) is 0 Å². The molecule has 0 aliphatic heterocycles. The Morgan fingerprint density at radius 3 is 3.00 bits per heavy atom. The molecule has 1 rings (SSSR count). The third kappa shape index (κ3) is 2.08. The van der Waals surface area contributed by atoms with Crippen LogP contribution < -0.4 is 5.32 Å². The zero-order valence-corrected chi connectivity index (χ0v) is 7.16. The first-order valence-electron chi connectivity index (χ1n) is 3.44. The summed E-state index contributed by atoms with van der Waals surface area (Å²) in [7, 11) is 0. The number of nitrogens with one attached hydrogen (secondary N) is 1. The lowest BCUT2D eigenvalue weighted by molar-refractivity contribution is 0.721. The minimum absolute atomic E-state index is 0.912. The lowest BCUT2D eigenvalue weighted by atomic mass is 10.5. The Labute approximate surface area is 65.3 Å². The van der Waals surface area contributed by atoms with Crippen molar-refractivity contribution in [3.05, 3.63) is 16.1 Å². The molecule has 10 heavy (non-hydrogen) atoms. The fourth-order valence-electron chi connectivity index (χ4n) is 0.716. The second-order valence-corrected chi connectivity index (χ2v) is 3.11. The molecule has 0 aromatic carbocycles. The van der Waals surface area contributed by atoms with Crippen LogP contribution in [0, 0.1) is 6.92 Å². The maximum absolute atomic E-state index is 4.30. The third-order valence-electron chi connectivity index (χ3n) is 1.19. The van der Waals surface area contributed by atoms with Crippen LogP contribution in [0.5, 0.6) is 0 Å².